The number of anilines is 1. The van der Waals surface area contributed by atoms with Gasteiger partial charge in [-0.15, -0.1) is 11.3 Å². The van der Waals surface area contributed by atoms with Gasteiger partial charge >= 0.3 is 5.97 Å². The molecule has 1 aliphatic heterocycles. The number of hydrogen-bond donors (Lipinski definition) is 1. The van der Waals surface area contributed by atoms with Crippen LogP contribution >= 0.6 is 11.3 Å². The van der Waals surface area contributed by atoms with Crippen LogP contribution < -0.4 is 9.64 Å². The largest absolute Gasteiger partial charge is 0.477 e. The number of amides is 1. The van der Waals surface area contributed by atoms with Crippen LogP contribution in [0.2, 0.25) is 0 Å². The maximum Gasteiger partial charge on any atom is 0.348 e. The van der Waals surface area contributed by atoms with Crippen molar-refractivity contribution >= 4 is 28.9 Å². The molecule has 9 heteroatoms. The average Bonchev–Trinajstić information content (AvgIpc) is 3.46. The number of thiophene rings is 1. The molecule has 8 nitrogen and oxygen atoms in total. The monoisotopic (exact) mass is 622 g/mol. The molecule has 1 saturated heterocycles. The van der Waals surface area contributed by atoms with E-state index >= 15 is 0 Å². The third-order valence-corrected chi connectivity index (χ3v) is 10.1. The van der Waals surface area contributed by atoms with Gasteiger partial charge in [0.2, 0.25) is 11.8 Å². The molecular weight excluding hydrogens is 576 g/mol. The van der Waals surface area contributed by atoms with E-state index in [2.05, 4.69) is 23.7 Å². The van der Waals surface area contributed by atoms with Crippen LogP contribution in [0.1, 0.15) is 99.5 Å². The Morgan fingerprint density at radius 1 is 1.05 bits per heavy atom. The molecule has 0 unspecified atom stereocenters. The van der Waals surface area contributed by atoms with E-state index in [-0.39, 0.29) is 35.0 Å². The van der Waals surface area contributed by atoms with Crippen molar-refractivity contribution in [3.05, 3.63) is 40.2 Å². The second kappa shape index (κ2) is 14.9. The molecule has 2 aromatic heterocycles. The minimum Gasteiger partial charge on any atom is -0.477 e. The van der Waals surface area contributed by atoms with E-state index in [4.69, 9.17) is 14.2 Å². The summed E-state index contributed by atoms with van der Waals surface area (Å²) >= 11 is 1.16. The van der Waals surface area contributed by atoms with Gasteiger partial charge in [0, 0.05) is 42.9 Å². The zero-order chi connectivity index (χ0) is 31.1. The van der Waals surface area contributed by atoms with Crippen LogP contribution in [0.15, 0.2) is 30.5 Å². The first-order chi connectivity index (χ1) is 21.2. The summed E-state index contributed by atoms with van der Waals surface area (Å²) in [6, 6.07) is 7.36. The van der Waals surface area contributed by atoms with Crippen molar-refractivity contribution in [2.75, 3.05) is 24.7 Å². The quantitative estimate of drug-likeness (QED) is 0.302. The number of carbonyl (C=O) groups is 2. The van der Waals surface area contributed by atoms with E-state index < -0.39 is 11.4 Å². The molecule has 0 aromatic carbocycles. The van der Waals surface area contributed by atoms with Gasteiger partial charge in [-0.1, -0.05) is 24.8 Å². The summed E-state index contributed by atoms with van der Waals surface area (Å²) in [4.78, 5) is 33.8. The third kappa shape index (κ3) is 8.62. The van der Waals surface area contributed by atoms with Crippen molar-refractivity contribution < 1.29 is 28.9 Å². The smallest absolute Gasteiger partial charge is 0.348 e. The second-order valence-electron chi connectivity index (χ2n) is 13.3. The van der Waals surface area contributed by atoms with Gasteiger partial charge in [-0.2, -0.15) is 0 Å². The molecule has 2 saturated carbocycles. The van der Waals surface area contributed by atoms with Crippen LogP contribution in [0, 0.1) is 29.1 Å². The van der Waals surface area contributed by atoms with Gasteiger partial charge in [-0.05, 0) is 96.1 Å². The van der Waals surface area contributed by atoms with E-state index in [9.17, 15) is 14.7 Å². The van der Waals surface area contributed by atoms with Gasteiger partial charge in [0.1, 0.15) is 11.0 Å². The van der Waals surface area contributed by atoms with E-state index in [1.165, 1.54) is 0 Å². The molecular formula is C35H46N2O6S. The molecule has 0 spiro atoms. The molecule has 1 N–H and O–H groups in total. The Morgan fingerprint density at radius 3 is 2.43 bits per heavy atom. The summed E-state index contributed by atoms with van der Waals surface area (Å²) in [5, 5.41) is 10.3. The topological polar surface area (TPSA) is 98.2 Å². The summed E-state index contributed by atoms with van der Waals surface area (Å²) in [6.45, 7) is 8.25. The van der Waals surface area contributed by atoms with Crippen molar-refractivity contribution in [2.45, 2.75) is 103 Å². The fourth-order valence-electron chi connectivity index (χ4n) is 6.42. The van der Waals surface area contributed by atoms with Crippen molar-refractivity contribution in [1.29, 1.82) is 0 Å². The number of ether oxygens (including phenoxy) is 3. The summed E-state index contributed by atoms with van der Waals surface area (Å²) in [5.41, 5.74) is 0.0763. The molecule has 44 heavy (non-hydrogen) atoms. The predicted molar refractivity (Wildman–Crippen MR) is 171 cm³/mol. The van der Waals surface area contributed by atoms with Crippen LogP contribution in [-0.2, 0) is 14.3 Å². The first-order valence-corrected chi connectivity index (χ1v) is 17.0. The first kappa shape index (κ1) is 32.5. The Hall–Kier alpha value is -2.93. The Bertz CT molecular complexity index is 1310. The highest BCUT2D eigenvalue weighted by Crippen LogP contribution is 2.39. The van der Waals surface area contributed by atoms with Crippen LogP contribution in [0.4, 0.5) is 5.69 Å². The fraction of sp³-hybridized carbons (Fsp3) is 0.629. The van der Waals surface area contributed by atoms with Crippen LogP contribution in [0.5, 0.6) is 5.88 Å². The average molecular weight is 623 g/mol. The van der Waals surface area contributed by atoms with Gasteiger partial charge in [-0.3, -0.25) is 4.79 Å². The number of aromatic nitrogens is 1. The van der Waals surface area contributed by atoms with E-state index in [1.54, 1.807) is 6.20 Å². The number of carboxylic acid groups (broad SMARTS) is 1. The van der Waals surface area contributed by atoms with Gasteiger partial charge in [0.25, 0.3) is 0 Å². The number of carbonyl (C=O) groups excluding carboxylic acids is 1. The lowest BCUT2D eigenvalue weighted by Crippen LogP contribution is -2.47. The lowest BCUT2D eigenvalue weighted by Gasteiger charge is -2.39. The first-order valence-electron chi connectivity index (χ1n) is 16.2. The summed E-state index contributed by atoms with van der Waals surface area (Å²) < 4.78 is 17.7. The minimum atomic E-state index is -1.03. The second-order valence-corrected chi connectivity index (χ2v) is 14.3. The van der Waals surface area contributed by atoms with Crippen molar-refractivity contribution in [2.24, 2.45) is 17.3 Å². The Balaban J connectivity index is 1.36. The van der Waals surface area contributed by atoms with Crippen molar-refractivity contribution in [1.82, 2.24) is 4.98 Å². The molecule has 2 aliphatic carbocycles. The molecule has 2 aromatic rings. The lowest BCUT2D eigenvalue weighted by molar-refractivity contribution is -0.124. The van der Waals surface area contributed by atoms with Crippen LogP contribution in [0.25, 0.3) is 0 Å². The Labute approximate surface area is 265 Å². The maximum atomic E-state index is 14.2. The maximum absolute atomic E-state index is 14.2. The van der Waals surface area contributed by atoms with Crippen molar-refractivity contribution in [3.63, 3.8) is 0 Å². The molecule has 1 amide bonds. The molecule has 0 atom stereocenters. The molecule has 3 heterocycles. The van der Waals surface area contributed by atoms with Gasteiger partial charge < -0.3 is 24.2 Å². The number of carboxylic acids is 1. The molecule has 238 valence electrons. The summed E-state index contributed by atoms with van der Waals surface area (Å²) in [5.74, 6) is 6.72. The molecule has 0 radical (unpaired) electrons. The number of nitrogens with zero attached hydrogens (tertiary/aromatic N) is 2. The summed E-state index contributed by atoms with van der Waals surface area (Å²) in [6.07, 6.45) is 10.4. The van der Waals surface area contributed by atoms with E-state index in [0.717, 1.165) is 88.8 Å². The summed E-state index contributed by atoms with van der Waals surface area (Å²) in [7, 11) is 0. The van der Waals surface area contributed by atoms with Gasteiger partial charge in [0.05, 0.1) is 23.3 Å². The Kier molecular flexibility index (Phi) is 11.0. The molecule has 0 bridgehead atoms. The van der Waals surface area contributed by atoms with E-state index in [0.29, 0.717) is 29.0 Å². The highest BCUT2D eigenvalue weighted by Gasteiger charge is 2.38. The van der Waals surface area contributed by atoms with Crippen LogP contribution in [0.3, 0.4) is 0 Å². The molecule has 5 rings (SSSR count). The zero-order valence-corrected chi connectivity index (χ0v) is 27.1. The minimum absolute atomic E-state index is 0.0158. The van der Waals surface area contributed by atoms with Gasteiger partial charge in [-0.25, -0.2) is 9.78 Å². The predicted octanol–water partition coefficient (Wildman–Crippen LogP) is 6.96. The number of aromatic carboxylic acids is 1. The Morgan fingerprint density at radius 2 is 1.77 bits per heavy atom. The van der Waals surface area contributed by atoms with Gasteiger partial charge in [0.15, 0.2) is 0 Å². The highest BCUT2D eigenvalue weighted by atomic mass is 32.1. The number of pyridine rings is 1. The zero-order valence-electron chi connectivity index (χ0n) is 26.3. The standard InChI is InChI=1S/C35H46N2O6S/c1-24-7-9-25(10-8-24)33(38)37(26-11-13-28(14-12-26)43-31-6-4-5-19-36-31)30-22-29(44-32(30)34(39)40)15-18-35(2,3)23-42-27-16-20-41-21-17-27/h4-6,19,22,24-28H,7-14,16-17,20-21,23H2,1-3H3,(H,39,40)/t24-,25-,26-,28-. The number of rotatable bonds is 9. The molecule has 3 fully saturated rings. The SMILES string of the molecule is CC(C)(C#Cc1cc(N(C(=O)[C@H]2CC[C@H](C)CC2)[C@H]2CC[C@H](Oc3ccccn3)CC2)c(C(=O)O)s1)COC1CCOCC1. The van der Waals surface area contributed by atoms with Crippen molar-refractivity contribution in [3.8, 4) is 17.7 Å². The highest BCUT2D eigenvalue weighted by molar-refractivity contribution is 7.15. The normalized spacial score (nSPS) is 24.6. The molecule has 3 aliphatic rings. The fourth-order valence-corrected chi connectivity index (χ4v) is 7.26. The number of hydrogen-bond acceptors (Lipinski definition) is 7. The third-order valence-electron chi connectivity index (χ3n) is 9.08. The van der Waals surface area contributed by atoms with Crippen LogP contribution in [-0.4, -0.2) is 60.0 Å². The lowest BCUT2D eigenvalue weighted by atomic mass is 9.81. The van der Waals surface area contributed by atoms with E-state index in [1.807, 2.05) is 43.0 Å².